The summed E-state index contributed by atoms with van der Waals surface area (Å²) in [6.07, 6.45) is 0. The van der Waals surface area contributed by atoms with Crippen molar-refractivity contribution in [3.63, 3.8) is 0 Å². The predicted octanol–water partition coefficient (Wildman–Crippen LogP) is 0.778. The fourth-order valence-corrected chi connectivity index (χ4v) is 3.25. The van der Waals surface area contributed by atoms with E-state index in [2.05, 4.69) is 4.99 Å². The molecule has 0 saturated carbocycles. The molecule has 1 saturated heterocycles. The molecule has 0 N–H and O–H groups in total. The van der Waals surface area contributed by atoms with Gasteiger partial charge in [-0.15, -0.1) is 0 Å². The lowest BCUT2D eigenvalue weighted by Gasteiger charge is -2.36. The summed E-state index contributed by atoms with van der Waals surface area (Å²) in [6.45, 7) is -0.159. The minimum absolute atomic E-state index is 0.0899. The van der Waals surface area contributed by atoms with Gasteiger partial charge in [-0.05, 0) is 30.4 Å². The summed E-state index contributed by atoms with van der Waals surface area (Å²) < 4.78 is 10.4. The molecule has 2 aliphatic rings. The number of nitrogens with zero attached hydrogens (tertiary/aromatic N) is 4. The molecule has 0 radical (unpaired) electrons. The standard InChI is InChI=1S/C17H18N4O5S/c1-19-14-13(15(23)20(2)17(19)24)21(16(27)18-14)8-10(22)9-5-6-11(25-3)12(7-9)26-4/h5-7,13H,8H2,1-4H3. The average Bonchev–Trinajstić information content (AvgIpc) is 3.00. The highest BCUT2D eigenvalue weighted by atomic mass is 32.1. The quantitative estimate of drug-likeness (QED) is 0.542. The SMILES string of the molecule is COc1ccc(C(=O)CN2C(=S)N=C3C2C(=O)N(C)C(=O)N3C)cc1OC. The van der Waals surface area contributed by atoms with Gasteiger partial charge in [-0.3, -0.25) is 19.4 Å². The zero-order valence-electron chi connectivity index (χ0n) is 15.3. The maximum atomic E-state index is 12.8. The first kappa shape index (κ1) is 18.8. The van der Waals surface area contributed by atoms with Crippen molar-refractivity contribution in [3.05, 3.63) is 23.8 Å². The summed E-state index contributed by atoms with van der Waals surface area (Å²) in [5.74, 6) is 0.401. The molecule has 0 aliphatic carbocycles. The molecule has 142 valence electrons. The van der Waals surface area contributed by atoms with Gasteiger partial charge in [0.05, 0.1) is 20.8 Å². The Morgan fingerprint density at radius 2 is 1.81 bits per heavy atom. The van der Waals surface area contributed by atoms with E-state index in [0.717, 1.165) is 4.90 Å². The number of thiocarbonyl (C=S) groups is 1. The molecule has 1 aromatic carbocycles. The molecule has 3 rings (SSSR count). The van der Waals surface area contributed by atoms with Crippen LogP contribution in [0.15, 0.2) is 23.2 Å². The second-order valence-corrected chi connectivity index (χ2v) is 6.38. The lowest BCUT2D eigenvalue weighted by atomic mass is 10.1. The highest BCUT2D eigenvalue weighted by molar-refractivity contribution is 7.80. The molecular formula is C17H18N4O5S. The lowest BCUT2D eigenvalue weighted by Crippen LogP contribution is -2.63. The number of fused-ring (bicyclic) bond motifs is 1. The van der Waals surface area contributed by atoms with Gasteiger partial charge in [0.25, 0.3) is 5.91 Å². The molecular weight excluding hydrogens is 372 g/mol. The van der Waals surface area contributed by atoms with E-state index in [-0.39, 0.29) is 23.3 Å². The lowest BCUT2D eigenvalue weighted by molar-refractivity contribution is -0.130. The number of rotatable bonds is 5. The normalized spacial score (nSPS) is 19.3. The number of ether oxygens (including phenoxy) is 2. The molecule has 0 spiro atoms. The van der Waals surface area contributed by atoms with Crippen molar-refractivity contribution in [1.82, 2.24) is 14.7 Å². The van der Waals surface area contributed by atoms with Gasteiger partial charge in [-0.2, -0.15) is 0 Å². The molecule has 1 fully saturated rings. The van der Waals surface area contributed by atoms with Gasteiger partial charge in [0.1, 0.15) is 5.84 Å². The molecule has 1 atom stereocenters. The first-order valence-corrected chi connectivity index (χ1v) is 8.40. The molecule has 3 amide bonds. The molecule has 2 aliphatic heterocycles. The van der Waals surface area contributed by atoms with Crippen molar-refractivity contribution in [2.75, 3.05) is 34.9 Å². The third-order valence-electron chi connectivity index (χ3n) is 4.51. The smallest absolute Gasteiger partial charge is 0.331 e. The predicted molar refractivity (Wildman–Crippen MR) is 100 cm³/mol. The van der Waals surface area contributed by atoms with E-state index in [1.165, 1.54) is 38.1 Å². The number of carbonyl (C=O) groups is 3. The van der Waals surface area contributed by atoms with Crippen molar-refractivity contribution in [2.45, 2.75) is 6.04 Å². The fraction of sp³-hybridized carbons (Fsp3) is 0.353. The van der Waals surface area contributed by atoms with E-state index in [1.807, 2.05) is 0 Å². The van der Waals surface area contributed by atoms with Crippen LogP contribution in [0.2, 0.25) is 0 Å². The van der Waals surface area contributed by atoms with E-state index >= 15 is 0 Å². The van der Waals surface area contributed by atoms with Gasteiger partial charge in [0.15, 0.2) is 28.4 Å². The molecule has 0 aromatic heterocycles. The van der Waals surface area contributed by atoms with Crippen LogP contribution in [-0.4, -0.2) is 84.3 Å². The Kier molecular flexibility index (Phi) is 4.83. The summed E-state index contributed by atoms with van der Waals surface area (Å²) in [5, 5.41) is 0.0899. The number of amides is 3. The Labute approximate surface area is 161 Å². The molecule has 27 heavy (non-hydrogen) atoms. The van der Waals surface area contributed by atoms with Crippen LogP contribution >= 0.6 is 12.2 Å². The molecule has 2 heterocycles. The fourth-order valence-electron chi connectivity index (χ4n) is 2.99. The number of hydrogen-bond acceptors (Lipinski definition) is 6. The molecule has 10 heteroatoms. The van der Waals surface area contributed by atoms with Crippen LogP contribution in [0.25, 0.3) is 0 Å². The number of benzene rings is 1. The van der Waals surface area contributed by atoms with E-state index < -0.39 is 18.0 Å². The van der Waals surface area contributed by atoms with Crippen molar-refractivity contribution in [3.8, 4) is 11.5 Å². The summed E-state index contributed by atoms with van der Waals surface area (Å²) in [4.78, 5) is 45.2. The van der Waals surface area contributed by atoms with Crippen molar-refractivity contribution < 1.29 is 23.9 Å². The van der Waals surface area contributed by atoms with Crippen molar-refractivity contribution in [1.29, 1.82) is 0 Å². The number of Topliss-reactive ketones (excluding diaryl/α,β-unsaturated/α-hetero) is 1. The third kappa shape index (κ3) is 3.01. The van der Waals surface area contributed by atoms with Crippen molar-refractivity contribution >= 4 is 40.9 Å². The van der Waals surface area contributed by atoms with Crippen LogP contribution in [0.5, 0.6) is 11.5 Å². The maximum absolute atomic E-state index is 12.8. The highest BCUT2D eigenvalue weighted by Crippen LogP contribution is 2.28. The number of imide groups is 1. The van der Waals surface area contributed by atoms with Crippen LogP contribution in [0.1, 0.15) is 10.4 Å². The third-order valence-corrected chi connectivity index (χ3v) is 4.84. The first-order valence-electron chi connectivity index (χ1n) is 7.99. The average molecular weight is 390 g/mol. The number of methoxy groups -OCH3 is 2. The Hall–Kier alpha value is -3.01. The van der Waals surface area contributed by atoms with Gasteiger partial charge < -0.3 is 14.4 Å². The van der Waals surface area contributed by atoms with E-state index in [1.54, 1.807) is 18.2 Å². The molecule has 1 aromatic rings. The minimum Gasteiger partial charge on any atom is -0.493 e. The maximum Gasteiger partial charge on any atom is 0.331 e. The second kappa shape index (κ2) is 6.95. The molecule has 1 unspecified atom stereocenters. The Balaban J connectivity index is 1.86. The summed E-state index contributed by atoms with van der Waals surface area (Å²) in [7, 11) is 5.88. The van der Waals surface area contributed by atoms with Gasteiger partial charge in [0, 0.05) is 19.7 Å². The second-order valence-electron chi connectivity index (χ2n) is 6.01. The van der Waals surface area contributed by atoms with Crippen LogP contribution < -0.4 is 9.47 Å². The van der Waals surface area contributed by atoms with Crippen LogP contribution in [0.3, 0.4) is 0 Å². The van der Waals surface area contributed by atoms with Crippen LogP contribution in [-0.2, 0) is 4.79 Å². The zero-order chi connectivity index (χ0) is 19.9. The number of carbonyl (C=O) groups excluding carboxylic acids is 3. The molecule has 9 nitrogen and oxygen atoms in total. The summed E-state index contributed by atoms with van der Waals surface area (Å²) in [6, 6.07) is 3.41. The van der Waals surface area contributed by atoms with Gasteiger partial charge in [0.2, 0.25) is 0 Å². The van der Waals surface area contributed by atoms with Gasteiger partial charge >= 0.3 is 6.03 Å². The first-order chi connectivity index (χ1) is 12.8. The van der Waals surface area contributed by atoms with Crippen LogP contribution in [0, 0.1) is 0 Å². The van der Waals surface area contributed by atoms with E-state index in [9.17, 15) is 14.4 Å². The van der Waals surface area contributed by atoms with Gasteiger partial charge in [-0.1, -0.05) is 0 Å². The van der Waals surface area contributed by atoms with E-state index in [4.69, 9.17) is 21.7 Å². The van der Waals surface area contributed by atoms with Crippen LogP contribution in [0.4, 0.5) is 4.79 Å². The monoisotopic (exact) mass is 390 g/mol. The number of ketones is 1. The van der Waals surface area contributed by atoms with Gasteiger partial charge in [-0.25, -0.2) is 9.79 Å². The number of likely N-dealkylation sites (N-methyl/N-ethyl adjacent to an activating group) is 2. The highest BCUT2D eigenvalue weighted by Gasteiger charge is 2.48. The Morgan fingerprint density at radius 1 is 1.15 bits per heavy atom. The summed E-state index contributed by atoms with van der Waals surface area (Å²) >= 11 is 5.23. The number of urea groups is 1. The summed E-state index contributed by atoms with van der Waals surface area (Å²) in [5.41, 5.74) is 0.380. The largest absolute Gasteiger partial charge is 0.493 e. The Morgan fingerprint density at radius 3 is 2.44 bits per heavy atom. The number of hydrogen-bond donors (Lipinski definition) is 0. The molecule has 0 bridgehead atoms. The topological polar surface area (TPSA) is 91.8 Å². The zero-order valence-corrected chi connectivity index (χ0v) is 16.1. The van der Waals surface area contributed by atoms with E-state index in [0.29, 0.717) is 17.1 Å². The van der Waals surface area contributed by atoms with Crippen molar-refractivity contribution in [2.24, 2.45) is 4.99 Å². The Bertz CT molecular complexity index is 884. The number of amidine groups is 1. The minimum atomic E-state index is -0.894. The number of aliphatic imine (C=N–C) groups is 1.